The van der Waals surface area contributed by atoms with Crippen LogP contribution in [0, 0.1) is 0 Å². The van der Waals surface area contributed by atoms with Crippen molar-refractivity contribution in [3.8, 4) is 0 Å². The molecule has 19 heavy (non-hydrogen) atoms. The Morgan fingerprint density at radius 1 is 1.16 bits per heavy atom. The van der Waals surface area contributed by atoms with E-state index < -0.39 is 10.0 Å². The van der Waals surface area contributed by atoms with Gasteiger partial charge in [-0.05, 0) is 55.2 Å². The molecular formula is C15H23NO2S. The van der Waals surface area contributed by atoms with Gasteiger partial charge in [-0.25, -0.2) is 13.1 Å². The largest absolute Gasteiger partial charge is 0.215 e. The summed E-state index contributed by atoms with van der Waals surface area (Å²) in [7, 11) is -3.07. The van der Waals surface area contributed by atoms with Gasteiger partial charge in [-0.15, -0.1) is 0 Å². The maximum absolute atomic E-state index is 11.5. The highest BCUT2D eigenvalue weighted by Crippen LogP contribution is 2.22. The van der Waals surface area contributed by atoms with Crippen LogP contribution in [0.4, 0.5) is 0 Å². The average Bonchev–Trinajstić information content (AvgIpc) is 2.38. The summed E-state index contributed by atoms with van der Waals surface area (Å²) in [5.74, 6) is 0.219. The highest BCUT2D eigenvalue weighted by molar-refractivity contribution is 7.89. The van der Waals surface area contributed by atoms with Gasteiger partial charge in [0.25, 0.3) is 0 Å². The molecule has 1 aliphatic carbocycles. The van der Waals surface area contributed by atoms with Gasteiger partial charge < -0.3 is 0 Å². The van der Waals surface area contributed by atoms with E-state index in [1.807, 2.05) is 6.92 Å². The van der Waals surface area contributed by atoms with E-state index in [4.69, 9.17) is 0 Å². The van der Waals surface area contributed by atoms with Crippen molar-refractivity contribution in [2.24, 2.45) is 0 Å². The Balaban J connectivity index is 1.90. The lowest BCUT2D eigenvalue weighted by Crippen LogP contribution is -2.28. The van der Waals surface area contributed by atoms with Crippen LogP contribution in [-0.4, -0.2) is 20.7 Å². The Morgan fingerprint density at radius 3 is 2.63 bits per heavy atom. The first-order valence-corrected chi connectivity index (χ1v) is 8.84. The molecule has 3 nitrogen and oxygen atoms in total. The van der Waals surface area contributed by atoms with Crippen molar-refractivity contribution < 1.29 is 8.42 Å². The van der Waals surface area contributed by atoms with Crippen LogP contribution < -0.4 is 4.72 Å². The topological polar surface area (TPSA) is 46.2 Å². The van der Waals surface area contributed by atoms with E-state index in [9.17, 15) is 8.42 Å². The standard InChI is InChI=1S/C15H23NO2S/c1-2-11-19(17,18)16-10-9-13-7-8-14-5-3-4-6-15(14)12-13/h7-8,12,16H,2-6,9-11H2,1H3. The fourth-order valence-corrected chi connectivity index (χ4v) is 3.73. The second kappa shape index (κ2) is 6.53. The monoisotopic (exact) mass is 281 g/mol. The van der Waals surface area contributed by atoms with Crippen LogP contribution in [0.15, 0.2) is 18.2 Å². The molecule has 0 heterocycles. The number of benzene rings is 1. The van der Waals surface area contributed by atoms with Gasteiger partial charge in [0.15, 0.2) is 0 Å². The number of fused-ring (bicyclic) bond motifs is 1. The van der Waals surface area contributed by atoms with Crippen molar-refractivity contribution in [1.29, 1.82) is 0 Å². The van der Waals surface area contributed by atoms with Crippen molar-refractivity contribution in [2.75, 3.05) is 12.3 Å². The van der Waals surface area contributed by atoms with Gasteiger partial charge in [0.2, 0.25) is 10.0 Å². The Kier molecular flexibility index (Phi) is 4.99. The van der Waals surface area contributed by atoms with Crippen LogP contribution in [-0.2, 0) is 29.3 Å². The van der Waals surface area contributed by atoms with Crippen LogP contribution in [0.5, 0.6) is 0 Å². The number of sulfonamides is 1. The highest BCUT2D eigenvalue weighted by atomic mass is 32.2. The Bertz CT molecular complexity index is 523. The lowest BCUT2D eigenvalue weighted by molar-refractivity contribution is 0.580. The van der Waals surface area contributed by atoms with Crippen LogP contribution in [0.2, 0.25) is 0 Å². The molecule has 0 atom stereocenters. The Hall–Kier alpha value is -0.870. The minimum absolute atomic E-state index is 0.219. The maximum atomic E-state index is 11.5. The van der Waals surface area contributed by atoms with Crippen LogP contribution in [0.3, 0.4) is 0 Å². The SMILES string of the molecule is CCCS(=O)(=O)NCCc1ccc2c(c1)CCCC2. The lowest BCUT2D eigenvalue weighted by Gasteiger charge is -2.16. The zero-order valence-electron chi connectivity index (χ0n) is 11.6. The molecule has 2 rings (SSSR count). The number of rotatable bonds is 6. The minimum atomic E-state index is -3.07. The molecule has 0 amide bonds. The van der Waals surface area contributed by atoms with E-state index in [1.165, 1.54) is 42.4 Å². The molecule has 0 saturated carbocycles. The molecule has 0 radical (unpaired) electrons. The third-order valence-corrected chi connectivity index (χ3v) is 5.21. The number of aryl methyl sites for hydroxylation is 2. The highest BCUT2D eigenvalue weighted by Gasteiger charge is 2.10. The molecule has 0 spiro atoms. The first-order valence-electron chi connectivity index (χ1n) is 7.19. The van der Waals surface area contributed by atoms with Crippen molar-refractivity contribution >= 4 is 10.0 Å². The number of hydrogen-bond donors (Lipinski definition) is 1. The summed E-state index contributed by atoms with van der Waals surface area (Å²) in [5.41, 5.74) is 4.17. The van der Waals surface area contributed by atoms with E-state index >= 15 is 0 Å². The molecule has 1 aromatic rings. The number of nitrogens with one attached hydrogen (secondary N) is 1. The zero-order valence-corrected chi connectivity index (χ0v) is 12.4. The fourth-order valence-electron chi connectivity index (χ4n) is 2.63. The minimum Gasteiger partial charge on any atom is -0.215 e. The summed E-state index contributed by atoms with van der Waals surface area (Å²) < 4.78 is 25.7. The van der Waals surface area contributed by atoms with Crippen molar-refractivity contribution in [3.63, 3.8) is 0 Å². The predicted molar refractivity (Wildman–Crippen MR) is 78.9 cm³/mol. The molecule has 0 saturated heterocycles. The Morgan fingerprint density at radius 2 is 1.89 bits per heavy atom. The average molecular weight is 281 g/mol. The third-order valence-electron chi connectivity index (χ3n) is 3.62. The quantitative estimate of drug-likeness (QED) is 0.870. The maximum Gasteiger partial charge on any atom is 0.211 e. The summed E-state index contributed by atoms with van der Waals surface area (Å²) in [6.07, 6.45) is 6.37. The molecule has 106 valence electrons. The van der Waals surface area contributed by atoms with E-state index in [2.05, 4.69) is 22.9 Å². The second-order valence-electron chi connectivity index (χ2n) is 5.27. The summed E-state index contributed by atoms with van der Waals surface area (Å²) in [4.78, 5) is 0. The van der Waals surface area contributed by atoms with Gasteiger partial charge in [0.1, 0.15) is 0 Å². The van der Waals surface area contributed by atoms with Crippen molar-refractivity contribution in [3.05, 3.63) is 34.9 Å². The molecule has 1 N–H and O–H groups in total. The second-order valence-corrected chi connectivity index (χ2v) is 7.20. The first-order chi connectivity index (χ1) is 9.11. The summed E-state index contributed by atoms with van der Waals surface area (Å²) in [5, 5.41) is 0. The molecule has 0 fully saturated rings. The molecule has 0 aliphatic heterocycles. The van der Waals surface area contributed by atoms with Gasteiger partial charge in [-0.1, -0.05) is 25.1 Å². The van der Waals surface area contributed by atoms with Crippen LogP contribution in [0.25, 0.3) is 0 Å². The van der Waals surface area contributed by atoms with E-state index in [0.29, 0.717) is 13.0 Å². The molecule has 1 aromatic carbocycles. The van der Waals surface area contributed by atoms with Crippen molar-refractivity contribution in [2.45, 2.75) is 45.4 Å². The summed E-state index contributed by atoms with van der Waals surface area (Å²) in [6, 6.07) is 6.60. The van der Waals surface area contributed by atoms with E-state index in [0.717, 1.165) is 6.42 Å². The lowest BCUT2D eigenvalue weighted by atomic mass is 9.90. The van der Waals surface area contributed by atoms with Gasteiger partial charge in [-0.2, -0.15) is 0 Å². The van der Waals surface area contributed by atoms with Gasteiger partial charge in [-0.3, -0.25) is 0 Å². The predicted octanol–water partition coefficient (Wildman–Crippen LogP) is 2.44. The van der Waals surface area contributed by atoms with Gasteiger partial charge in [0, 0.05) is 6.54 Å². The van der Waals surface area contributed by atoms with Gasteiger partial charge >= 0.3 is 0 Å². The molecule has 0 aromatic heterocycles. The normalized spacial score (nSPS) is 15.2. The van der Waals surface area contributed by atoms with E-state index in [-0.39, 0.29) is 5.75 Å². The number of hydrogen-bond acceptors (Lipinski definition) is 2. The van der Waals surface area contributed by atoms with Crippen LogP contribution in [0.1, 0.15) is 42.9 Å². The smallest absolute Gasteiger partial charge is 0.211 e. The first kappa shape index (κ1) is 14.5. The summed E-state index contributed by atoms with van der Waals surface area (Å²) in [6.45, 7) is 2.38. The molecular weight excluding hydrogens is 258 g/mol. The Labute approximate surface area is 116 Å². The molecule has 4 heteroatoms. The zero-order chi connectivity index (χ0) is 13.7. The van der Waals surface area contributed by atoms with E-state index in [1.54, 1.807) is 0 Å². The van der Waals surface area contributed by atoms with Gasteiger partial charge in [0.05, 0.1) is 5.75 Å². The van der Waals surface area contributed by atoms with Crippen LogP contribution >= 0.6 is 0 Å². The molecule has 0 unspecified atom stereocenters. The van der Waals surface area contributed by atoms with Crippen molar-refractivity contribution in [1.82, 2.24) is 4.72 Å². The molecule has 1 aliphatic rings. The fraction of sp³-hybridized carbons (Fsp3) is 0.600. The third kappa shape index (κ3) is 4.32. The molecule has 0 bridgehead atoms. The summed E-state index contributed by atoms with van der Waals surface area (Å²) >= 11 is 0.